The molecule has 2 aromatic carbocycles. The number of alkyl halides is 2. The van der Waals surface area contributed by atoms with E-state index in [1.54, 1.807) is 42.5 Å². The minimum Gasteiger partial charge on any atom is -0.326 e. The summed E-state index contributed by atoms with van der Waals surface area (Å²) in [7, 11) is -3.78. The second kappa shape index (κ2) is 9.03. The molecule has 5 rings (SSSR count). The number of carbonyl (C=O) groups is 1. The molecule has 178 valence electrons. The van der Waals surface area contributed by atoms with Crippen LogP contribution >= 0.6 is 0 Å². The van der Waals surface area contributed by atoms with Gasteiger partial charge in [0.05, 0.1) is 4.90 Å². The van der Waals surface area contributed by atoms with Crippen LogP contribution in [0.4, 0.5) is 20.3 Å². The number of amides is 1. The van der Waals surface area contributed by atoms with E-state index in [4.69, 9.17) is 0 Å². The van der Waals surface area contributed by atoms with E-state index < -0.39 is 16.4 Å². The van der Waals surface area contributed by atoms with Crippen molar-refractivity contribution in [2.75, 3.05) is 10.0 Å². The molecule has 2 aromatic heterocycles. The molecule has 0 spiro atoms. The number of nitrogens with one attached hydrogen (secondary N) is 2. The first-order valence-corrected chi connectivity index (χ1v) is 12.3. The third-order valence-electron chi connectivity index (χ3n) is 5.94. The molecule has 1 amide bonds. The molecule has 0 radical (unpaired) electrons. The van der Waals surface area contributed by atoms with Crippen molar-refractivity contribution >= 4 is 38.2 Å². The van der Waals surface area contributed by atoms with E-state index in [2.05, 4.69) is 20.0 Å². The lowest BCUT2D eigenvalue weighted by molar-refractivity contribution is -0.117. The number of benzene rings is 2. The second-order valence-corrected chi connectivity index (χ2v) is 9.98. The highest BCUT2D eigenvalue weighted by molar-refractivity contribution is 7.92. The van der Waals surface area contributed by atoms with Gasteiger partial charge in [0.2, 0.25) is 5.91 Å². The Morgan fingerprint density at radius 1 is 1.03 bits per heavy atom. The molecule has 1 fully saturated rings. The third kappa shape index (κ3) is 4.83. The molecular weight excluding hydrogens is 474 g/mol. The largest absolute Gasteiger partial charge is 0.326 e. The zero-order valence-corrected chi connectivity index (χ0v) is 19.0. The SMILES string of the molecule is O=C(Nc1ccc2cncc(C(F)F)c2c1)[C@@H]1C[C@H]1c1ccc(S(=O)(=O)Nc2ccccn2)cc1. The summed E-state index contributed by atoms with van der Waals surface area (Å²) in [5.74, 6) is -0.319. The van der Waals surface area contributed by atoms with Crippen LogP contribution < -0.4 is 10.0 Å². The fraction of sp³-hybridized carbons (Fsp3) is 0.160. The number of hydrogen-bond donors (Lipinski definition) is 2. The van der Waals surface area contributed by atoms with E-state index in [-0.39, 0.29) is 34.0 Å². The van der Waals surface area contributed by atoms with Gasteiger partial charge in [-0.2, -0.15) is 0 Å². The molecule has 0 unspecified atom stereocenters. The Hall–Kier alpha value is -3.92. The molecule has 2 heterocycles. The van der Waals surface area contributed by atoms with Crippen LogP contribution in [-0.4, -0.2) is 24.3 Å². The first-order valence-electron chi connectivity index (χ1n) is 10.8. The van der Waals surface area contributed by atoms with Gasteiger partial charge in [-0.15, -0.1) is 0 Å². The van der Waals surface area contributed by atoms with Crippen LogP contribution in [0.25, 0.3) is 10.8 Å². The van der Waals surface area contributed by atoms with Crippen molar-refractivity contribution in [1.29, 1.82) is 0 Å². The molecular formula is C25H20F2N4O3S. The van der Waals surface area contributed by atoms with E-state index in [1.165, 1.54) is 30.6 Å². The Kier molecular flexibility index (Phi) is 5.89. The summed E-state index contributed by atoms with van der Waals surface area (Å²) in [6.45, 7) is 0. The molecule has 10 heteroatoms. The van der Waals surface area contributed by atoms with Crippen molar-refractivity contribution in [3.05, 3.63) is 90.4 Å². The standard InChI is InChI=1S/C25H20F2N4O3S/c26-24(27)22-14-28-13-16-4-7-17(11-19(16)22)30-25(32)21-12-20(21)15-5-8-18(9-6-15)35(33,34)31-23-3-1-2-10-29-23/h1-11,13-14,20-21,24H,12H2,(H,29,31)(H,30,32)/t20-,21+/m0/s1. The number of fused-ring (bicyclic) bond motifs is 1. The molecule has 0 aliphatic heterocycles. The second-order valence-electron chi connectivity index (χ2n) is 8.29. The van der Waals surface area contributed by atoms with E-state index in [9.17, 15) is 22.0 Å². The van der Waals surface area contributed by atoms with Gasteiger partial charge >= 0.3 is 0 Å². The molecule has 0 bridgehead atoms. The molecule has 2 atom stereocenters. The van der Waals surface area contributed by atoms with E-state index in [0.717, 1.165) is 11.8 Å². The molecule has 35 heavy (non-hydrogen) atoms. The maximum absolute atomic E-state index is 13.3. The molecule has 1 aliphatic carbocycles. The van der Waals surface area contributed by atoms with Gasteiger partial charge in [-0.1, -0.05) is 24.3 Å². The highest BCUT2D eigenvalue weighted by atomic mass is 32.2. The average Bonchev–Trinajstić information content (AvgIpc) is 3.65. The fourth-order valence-electron chi connectivity index (χ4n) is 4.04. The van der Waals surface area contributed by atoms with Crippen LogP contribution in [-0.2, 0) is 14.8 Å². The van der Waals surface area contributed by atoms with Gasteiger partial charge in [-0.25, -0.2) is 22.2 Å². The zero-order chi connectivity index (χ0) is 24.6. The van der Waals surface area contributed by atoms with Gasteiger partial charge in [0.15, 0.2) is 0 Å². The summed E-state index contributed by atoms with van der Waals surface area (Å²) >= 11 is 0. The van der Waals surface area contributed by atoms with Crippen molar-refractivity contribution in [3.63, 3.8) is 0 Å². The predicted octanol–water partition coefficient (Wildman–Crippen LogP) is 5.11. The van der Waals surface area contributed by atoms with Crippen LogP contribution in [0, 0.1) is 5.92 Å². The molecule has 4 aromatic rings. The maximum Gasteiger partial charge on any atom is 0.265 e. The highest BCUT2D eigenvalue weighted by Gasteiger charge is 2.44. The Morgan fingerprint density at radius 3 is 2.54 bits per heavy atom. The van der Waals surface area contributed by atoms with Crippen LogP contribution in [0.1, 0.15) is 29.9 Å². The molecule has 7 nitrogen and oxygen atoms in total. The molecule has 2 N–H and O–H groups in total. The first-order chi connectivity index (χ1) is 16.8. The van der Waals surface area contributed by atoms with Gasteiger partial charge in [0.1, 0.15) is 5.82 Å². The lowest BCUT2D eigenvalue weighted by atomic mass is 10.1. The van der Waals surface area contributed by atoms with E-state index in [1.807, 2.05) is 0 Å². The topological polar surface area (TPSA) is 101 Å². The summed E-state index contributed by atoms with van der Waals surface area (Å²) in [6, 6.07) is 16.1. The van der Waals surface area contributed by atoms with Gasteiger partial charge in [0.25, 0.3) is 16.4 Å². The Balaban J connectivity index is 1.26. The van der Waals surface area contributed by atoms with Gasteiger partial charge in [-0.05, 0) is 59.7 Å². The lowest BCUT2D eigenvalue weighted by Gasteiger charge is -2.10. The number of hydrogen-bond acceptors (Lipinski definition) is 5. The summed E-state index contributed by atoms with van der Waals surface area (Å²) in [5, 5.41) is 3.72. The minimum atomic E-state index is -3.78. The van der Waals surface area contributed by atoms with Crippen molar-refractivity contribution in [1.82, 2.24) is 9.97 Å². The van der Waals surface area contributed by atoms with Crippen molar-refractivity contribution in [2.45, 2.75) is 23.7 Å². The third-order valence-corrected chi connectivity index (χ3v) is 7.31. The number of anilines is 2. The summed E-state index contributed by atoms with van der Waals surface area (Å²) in [5.41, 5.74) is 1.10. The molecule has 1 aliphatic rings. The molecule has 0 saturated heterocycles. The van der Waals surface area contributed by atoms with Crippen molar-refractivity contribution < 1.29 is 22.0 Å². The highest BCUT2D eigenvalue weighted by Crippen LogP contribution is 2.48. The number of carbonyl (C=O) groups excluding carboxylic acids is 1. The number of rotatable bonds is 7. The Labute approximate surface area is 200 Å². The Bertz CT molecular complexity index is 1500. The van der Waals surface area contributed by atoms with Gasteiger partial charge in [0, 0.05) is 41.1 Å². The van der Waals surface area contributed by atoms with Gasteiger partial charge in [-0.3, -0.25) is 14.5 Å². The summed E-state index contributed by atoms with van der Waals surface area (Å²) in [6.07, 6.45) is 2.07. The number of sulfonamides is 1. The number of halogens is 2. The van der Waals surface area contributed by atoms with Crippen LogP contribution in [0.5, 0.6) is 0 Å². The predicted molar refractivity (Wildman–Crippen MR) is 128 cm³/mol. The number of aromatic nitrogens is 2. The van der Waals surface area contributed by atoms with Crippen molar-refractivity contribution in [2.24, 2.45) is 5.92 Å². The van der Waals surface area contributed by atoms with Crippen LogP contribution in [0.15, 0.2) is 84.1 Å². The zero-order valence-electron chi connectivity index (χ0n) is 18.2. The van der Waals surface area contributed by atoms with E-state index in [0.29, 0.717) is 22.9 Å². The number of nitrogens with zero attached hydrogens (tertiary/aromatic N) is 2. The minimum absolute atomic E-state index is 0.0446. The average molecular weight is 495 g/mol. The van der Waals surface area contributed by atoms with Crippen LogP contribution in [0.2, 0.25) is 0 Å². The monoisotopic (exact) mass is 494 g/mol. The quantitative estimate of drug-likeness (QED) is 0.372. The number of pyridine rings is 2. The Morgan fingerprint density at radius 2 is 1.83 bits per heavy atom. The smallest absolute Gasteiger partial charge is 0.265 e. The lowest BCUT2D eigenvalue weighted by Crippen LogP contribution is -2.15. The fourth-order valence-corrected chi connectivity index (χ4v) is 5.05. The molecule has 1 saturated carbocycles. The maximum atomic E-state index is 13.3. The summed E-state index contributed by atoms with van der Waals surface area (Å²) < 4.78 is 54.2. The first kappa shape index (κ1) is 22.9. The summed E-state index contributed by atoms with van der Waals surface area (Å²) in [4.78, 5) is 20.7. The van der Waals surface area contributed by atoms with Gasteiger partial charge < -0.3 is 5.32 Å². The normalized spacial score (nSPS) is 17.3. The van der Waals surface area contributed by atoms with E-state index >= 15 is 0 Å². The van der Waals surface area contributed by atoms with Crippen LogP contribution in [0.3, 0.4) is 0 Å². The van der Waals surface area contributed by atoms with Crippen molar-refractivity contribution in [3.8, 4) is 0 Å².